The summed E-state index contributed by atoms with van der Waals surface area (Å²) in [5, 5.41) is 0. The minimum atomic E-state index is 0.261. The molecule has 0 atom stereocenters. The molecule has 6 aromatic rings. The van der Waals surface area contributed by atoms with Gasteiger partial charge in [-0.15, -0.1) is 0 Å². The van der Waals surface area contributed by atoms with Crippen LogP contribution in [-0.2, 0) is 0 Å². The highest BCUT2D eigenvalue weighted by molar-refractivity contribution is 5.68. The minimum Gasteiger partial charge on any atom is -0.452 e. The monoisotopic (exact) mass is 537 g/mol. The lowest BCUT2D eigenvalue weighted by atomic mass is 10.2. The molecule has 6 aromatic carbocycles. The van der Waals surface area contributed by atoms with Gasteiger partial charge < -0.3 is 23.7 Å². The highest BCUT2D eigenvalue weighted by atomic mass is 16.6. The summed E-state index contributed by atoms with van der Waals surface area (Å²) in [4.78, 5) is 0. The molecule has 41 heavy (non-hydrogen) atoms. The average Bonchev–Trinajstić information content (AvgIpc) is 3.03. The zero-order chi connectivity index (χ0) is 27.7. The first-order chi connectivity index (χ1) is 20.3. The predicted octanol–water partition coefficient (Wildman–Crippen LogP) is 10.4. The Morgan fingerprint density at radius 2 is 0.512 bits per heavy atom. The van der Waals surface area contributed by atoms with E-state index in [1.165, 1.54) is 0 Å². The second-order valence-corrected chi connectivity index (χ2v) is 8.85. The van der Waals surface area contributed by atoms with Gasteiger partial charge in [-0.25, -0.2) is 0 Å². The van der Waals surface area contributed by atoms with Gasteiger partial charge in [0.15, 0.2) is 11.5 Å². The third-order valence-electron chi connectivity index (χ3n) is 5.87. The van der Waals surface area contributed by atoms with Gasteiger partial charge in [0, 0.05) is 0 Å². The number of hydrogen-bond donors (Lipinski definition) is 0. The Morgan fingerprint density at radius 3 is 0.805 bits per heavy atom. The van der Waals surface area contributed by atoms with E-state index in [-0.39, 0.29) is 28.7 Å². The molecule has 1 radical (unpaired) electrons. The van der Waals surface area contributed by atoms with E-state index in [0.717, 1.165) is 0 Å². The molecular weight excluding hydrogens is 512 g/mol. The van der Waals surface area contributed by atoms with Crippen LogP contribution in [0.3, 0.4) is 0 Å². The van der Waals surface area contributed by atoms with Crippen LogP contribution in [-0.4, -0.2) is 0 Å². The van der Waals surface area contributed by atoms with Crippen LogP contribution in [0.25, 0.3) is 0 Å². The van der Waals surface area contributed by atoms with E-state index >= 15 is 0 Å². The average molecular weight is 538 g/mol. The number of para-hydroxylation sites is 5. The Labute approximate surface area is 238 Å². The van der Waals surface area contributed by atoms with Crippen LogP contribution in [0.4, 0.5) is 0 Å². The van der Waals surface area contributed by atoms with Gasteiger partial charge in [0.25, 0.3) is 0 Å². The first kappa shape index (κ1) is 25.6. The van der Waals surface area contributed by atoms with Gasteiger partial charge in [0.05, 0.1) is 6.07 Å². The van der Waals surface area contributed by atoms with Gasteiger partial charge in [-0.05, 0) is 60.7 Å². The molecule has 0 aliphatic rings. The Balaban J connectivity index is 1.58. The fourth-order valence-electron chi connectivity index (χ4n) is 3.98. The van der Waals surface area contributed by atoms with Gasteiger partial charge in [0.2, 0.25) is 17.2 Å². The normalized spacial score (nSPS) is 10.4. The Morgan fingerprint density at radius 1 is 0.268 bits per heavy atom. The molecule has 0 aromatic heterocycles. The Kier molecular flexibility index (Phi) is 7.77. The summed E-state index contributed by atoms with van der Waals surface area (Å²) in [5.41, 5.74) is 0. The maximum absolute atomic E-state index is 6.51. The first-order valence-corrected chi connectivity index (χ1v) is 13.1. The summed E-state index contributed by atoms with van der Waals surface area (Å²) >= 11 is 0. The predicted molar refractivity (Wildman–Crippen MR) is 158 cm³/mol. The van der Waals surface area contributed by atoms with Crippen molar-refractivity contribution in [2.24, 2.45) is 0 Å². The summed E-state index contributed by atoms with van der Waals surface area (Å²) in [5.74, 6) is 4.26. The lowest BCUT2D eigenvalue weighted by Gasteiger charge is -2.22. The molecule has 0 aliphatic carbocycles. The van der Waals surface area contributed by atoms with E-state index < -0.39 is 0 Å². The van der Waals surface area contributed by atoms with E-state index in [1.807, 2.05) is 152 Å². The van der Waals surface area contributed by atoms with Gasteiger partial charge in [-0.3, -0.25) is 0 Å². The van der Waals surface area contributed by atoms with Crippen molar-refractivity contribution >= 4 is 0 Å². The molecule has 5 nitrogen and oxygen atoms in total. The third kappa shape index (κ3) is 6.49. The van der Waals surface area contributed by atoms with Crippen molar-refractivity contribution in [3.05, 3.63) is 158 Å². The highest BCUT2D eigenvalue weighted by Crippen LogP contribution is 2.55. The van der Waals surface area contributed by atoms with Crippen LogP contribution in [0.1, 0.15) is 0 Å². The third-order valence-corrected chi connectivity index (χ3v) is 5.87. The van der Waals surface area contributed by atoms with E-state index in [0.29, 0.717) is 28.7 Å². The van der Waals surface area contributed by atoms with E-state index in [1.54, 1.807) is 0 Å². The van der Waals surface area contributed by atoms with E-state index in [4.69, 9.17) is 23.7 Å². The van der Waals surface area contributed by atoms with Crippen LogP contribution < -0.4 is 23.7 Å². The smallest absolute Gasteiger partial charge is 0.220 e. The molecule has 199 valence electrons. The molecule has 0 heterocycles. The van der Waals surface area contributed by atoms with Gasteiger partial charge in [-0.2, -0.15) is 0 Å². The van der Waals surface area contributed by atoms with Crippen molar-refractivity contribution < 1.29 is 23.7 Å². The zero-order valence-electron chi connectivity index (χ0n) is 22.0. The second kappa shape index (κ2) is 12.5. The zero-order valence-corrected chi connectivity index (χ0v) is 22.0. The first-order valence-electron chi connectivity index (χ1n) is 13.1. The van der Waals surface area contributed by atoms with Crippen molar-refractivity contribution in [3.63, 3.8) is 0 Å². The highest BCUT2D eigenvalue weighted by Gasteiger charge is 2.28. The summed E-state index contributed by atoms with van der Waals surface area (Å²) in [6.45, 7) is 0. The van der Waals surface area contributed by atoms with Crippen molar-refractivity contribution in [3.8, 4) is 57.5 Å². The molecule has 0 unspecified atom stereocenters. The van der Waals surface area contributed by atoms with Crippen LogP contribution in [0.2, 0.25) is 0 Å². The molecule has 0 spiro atoms. The number of hydrogen-bond acceptors (Lipinski definition) is 5. The van der Waals surface area contributed by atoms with Crippen molar-refractivity contribution in [1.29, 1.82) is 0 Å². The topological polar surface area (TPSA) is 46.2 Å². The lowest BCUT2D eigenvalue weighted by Crippen LogP contribution is -2.00. The molecule has 6 rings (SSSR count). The standard InChI is InChI=1S/C36H25O5/c1-6-16-27(17-7-1)37-32-26-33(38-28-18-8-2-9-19-28)35(40-30-22-12-4-13-23-30)36(41-31-24-14-5-15-25-31)34(32)39-29-20-10-3-11-21-29/h1-25H. The SMILES string of the molecule is [c]1c(Oc2ccccc2)c(Oc2ccccc2)c(Oc2ccccc2)c(Oc2ccccc2)c1Oc1ccccc1. The molecule has 0 N–H and O–H groups in total. The van der Waals surface area contributed by atoms with Crippen molar-refractivity contribution in [1.82, 2.24) is 0 Å². The number of ether oxygens (including phenoxy) is 5. The molecular formula is C36H25O5. The minimum absolute atomic E-state index is 0.261. The molecule has 0 fully saturated rings. The molecule has 0 saturated carbocycles. The fourth-order valence-corrected chi connectivity index (χ4v) is 3.98. The van der Waals surface area contributed by atoms with Gasteiger partial charge in [0.1, 0.15) is 28.7 Å². The van der Waals surface area contributed by atoms with Gasteiger partial charge >= 0.3 is 0 Å². The fraction of sp³-hybridized carbons (Fsp3) is 0. The molecule has 0 aliphatic heterocycles. The van der Waals surface area contributed by atoms with Crippen LogP contribution in [0, 0.1) is 6.07 Å². The number of benzene rings is 6. The van der Waals surface area contributed by atoms with E-state index in [9.17, 15) is 0 Å². The van der Waals surface area contributed by atoms with Crippen molar-refractivity contribution in [2.75, 3.05) is 0 Å². The Hall–Kier alpha value is -5.68. The van der Waals surface area contributed by atoms with Crippen LogP contribution in [0.5, 0.6) is 57.5 Å². The maximum Gasteiger partial charge on any atom is 0.220 e. The molecule has 0 amide bonds. The van der Waals surface area contributed by atoms with Crippen molar-refractivity contribution in [2.45, 2.75) is 0 Å². The molecule has 5 heteroatoms. The Bertz CT molecular complexity index is 1570. The second-order valence-electron chi connectivity index (χ2n) is 8.85. The lowest BCUT2D eigenvalue weighted by molar-refractivity contribution is 0.349. The largest absolute Gasteiger partial charge is 0.452 e. The maximum atomic E-state index is 6.51. The molecule has 0 saturated heterocycles. The molecule has 0 bridgehead atoms. The van der Waals surface area contributed by atoms with Gasteiger partial charge in [-0.1, -0.05) is 91.0 Å². The summed E-state index contributed by atoms with van der Waals surface area (Å²) < 4.78 is 32.1. The summed E-state index contributed by atoms with van der Waals surface area (Å²) in [6, 6.07) is 50.3. The van der Waals surface area contributed by atoms with Crippen LogP contribution in [0.15, 0.2) is 152 Å². The number of rotatable bonds is 10. The summed E-state index contributed by atoms with van der Waals surface area (Å²) in [7, 11) is 0. The quantitative estimate of drug-likeness (QED) is 0.174. The van der Waals surface area contributed by atoms with Crippen LogP contribution >= 0.6 is 0 Å². The summed E-state index contributed by atoms with van der Waals surface area (Å²) in [6.07, 6.45) is 0. The van der Waals surface area contributed by atoms with E-state index in [2.05, 4.69) is 6.07 Å².